The largest absolute Gasteiger partial charge is 0.333 e. The molecule has 0 amide bonds. The van der Waals surface area contributed by atoms with Gasteiger partial charge in [-0.2, -0.15) is 0 Å². The van der Waals surface area contributed by atoms with Crippen molar-refractivity contribution in [2.24, 2.45) is 9.98 Å². The second-order valence-electron chi connectivity index (χ2n) is 18.1. The Labute approximate surface area is 402 Å². The molecule has 69 heavy (non-hydrogen) atoms. The van der Waals surface area contributed by atoms with Gasteiger partial charge in [0.25, 0.3) is 0 Å². The third-order valence-corrected chi connectivity index (χ3v) is 15.2. The Kier molecular flexibility index (Phi) is 8.98. The van der Waals surface area contributed by atoms with Crippen LogP contribution in [0.3, 0.4) is 0 Å². The van der Waals surface area contributed by atoms with Crippen LogP contribution in [0.4, 0.5) is 0 Å². The molecule has 3 aromatic heterocycles. The molecule has 13 aromatic rings. The SMILES string of the molecule is CN1C(c2ccc(-c3ccccc3)cc2)=NC(c2ccc(-c3ccccc3)cc2)=NC1c1ccc(-c2cc3c4ccc5ccccc5c4sc3c3nc4cc5cc6ccccc6cc5cc4n23)cc1. The Bertz CT molecular complexity index is 4230. The lowest BCUT2D eigenvalue weighted by atomic mass is 10.0. The highest BCUT2D eigenvalue weighted by atomic mass is 32.1. The second-order valence-corrected chi connectivity index (χ2v) is 19.1. The number of aliphatic imine (C=N–C) groups is 2. The maximum atomic E-state index is 5.49. The number of rotatable bonds is 6. The maximum Gasteiger partial charge on any atom is 0.159 e. The summed E-state index contributed by atoms with van der Waals surface area (Å²) < 4.78 is 4.88. The molecule has 10 aromatic carbocycles. The summed E-state index contributed by atoms with van der Waals surface area (Å²) >= 11 is 1.85. The van der Waals surface area contributed by atoms with Crippen molar-refractivity contribution >= 4 is 92.2 Å². The Morgan fingerprint density at radius 1 is 0.420 bits per heavy atom. The average Bonchev–Trinajstić information content (AvgIpc) is 3.99. The highest BCUT2D eigenvalue weighted by Crippen LogP contribution is 2.44. The van der Waals surface area contributed by atoms with E-state index in [0.29, 0.717) is 5.84 Å². The van der Waals surface area contributed by atoms with Crippen molar-refractivity contribution in [1.29, 1.82) is 0 Å². The number of imidazole rings is 1. The van der Waals surface area contributed by atoms with Gasteiger partial charge in [0.2, 0.25) is 0 Å². The first-order valence-corrected chi connectivity index (χ1v) is 24.2. The lowest BCUT2D eigenvalue weighted by Gasteiger charge is -2.32. The lowest BCUT2D eigenvalue weighted by Crippen LogP contribution is -2.35. The Morgan fingerprint density at radius 3 is 1.67 bits per heavy atom. The van der Waals surface area contributed by atoms with Crippen molar-refractivity contribution in [2.45, 2.75) is 6.17 Å². The monoisotopic (exact) mass is 899 g/mol. The van der Waals surface area contributed by atoms with E-state index in [4.69, 9.17) is 15.0 Å². The minimum atomic E-state index is -0.323. The number of aromatic nitrogens is 2. The zero-order valence-corrected chi connectivity index (χ0v) is 38.4. The molecular formula is C63H41N5S. The number of hydrogen-bond acceptors (Lipinski definition) is 5. The van der Waals surface area contributed by atoms with E-state index in [2.05, 4.69) is 241 Å². The van der Waals surface area contributed by atoms with E-state index in [1.165, 1.54) is 69.2 Å². The molecule has 0 saturated heterocycles. The van der Waals surface area contributed by atoms with Gasteiger partial charge in [0.1, 0.15) is 12.0 Å². The molecule has 0 bridgehead atoms. The lowest BCUT2D eigenvalue weighted by molar-refractivity contribution is 0.383. The van der Waals surface area contributed by atoms with Gasteiger partial charge in [-0.05, 0) is 96.0 Å². The van der Waals surface area contributed by atoms with E-state index in [0.717, 1.165) is 56.0 Å². The van der Waals surface area contributed by atoms with Crippen LogP contribution >= 0.6 is 11.3 Å². The standard InChI is InChI=1S/C63H41N5S/c1-67-61(46-28-22-42(23-29-46)40-14-6-3-7-15-40)65-60(45-26-20-41(21-27-45)39-12-4-2-5-13-39)66-62(67)47-30-24-44(25-31-47)56-38-54-53-33-32-43-16-10-11-19-52(43)58(53)69-59(54)63-64-55-36-50-34-48-17-8-9-18-49(48)35-51(50)37-57(55)68(56)63/h2-38,62H,1H3. The summed E-state index contributed by atoms with van der Waals surface area (Å²) in [7, 11) is 2.11. The van der Waals surface area contributed by atoms with Crippen molar-refractivity contribution in [3.63, 3.8) is 0 Å². The quantitative estimate of drug-likeness (QED) is 0.156. The fraction of sp³-hybridized carbons (Fsp3) is 0.0317. The Balaban J connectivity index is 0.917. The van der Waals surface area contributed by atoms with E-state index in [9.17, 15) is 0 Å². The van der Waals surface area contributed by atoms with Crippen LogP contribution in [0, 0.1) is 0 Å². The molecule has 324 valence electrons. The molecule has 1 aliphatic rings. The van der Waals surface area contributed by atoms with E-state index < -0.39 is 0 Å². The van der Waals surface area contributed by atoms with E-state index in [-0.39, 0.29) is 6.17 Å². The summed E-state index contributed by atoms with van der Waals surface area (Å²) in [6, 6.07) is 80.8. The number of hydrogen-bond donors (Lipinski definition) is 0. The molecule has 1 atom stereocenters. The van der Waals surface area contributed by atoms with Crippen molar-refractivity contribution in [3.8, 4) is 33.5 Å². The number of benzene rings is 10. The summed E-state index contributed by atoms with van der Waals surface area (Å²) in [5.74, 6) is 1.58. The van der Waals surface area contributed by atoms with Crippen LogP contribution in [0.1, 0.15) is 22.9 Å². The van der Waals surface area contributed by atoms with E-state index >= 15 is 0 Å². The third-order valence-electron chi connectivity index (χ3n) is 14.0. The molecule has 0 spiro atoms. The molecule has 4 heterocycles. The molecular weight excluding hydrogens is 859 g/mol. The number of fused-ring (bicyclic) bond motifs is 11. The molecule has 0 aliphatic carbocycles. The van der Waals surface area contributed by atoms with Crippen LogP contribution in [-0.4, -0.2) is 33.0 Å². The molecule has 14 rings (SSSR count). The number of nitrogens with zero attached hydrogens (tertiary/aromatic N) is 5. The molecule has 5 nitrogen and oxygen atoms in total. The van der Waals surface area contributed by atoms with Gasteiger partial charge in [-0.25, -0.2) is 15.0 Å². The predicted molar refractivity (Wildman–Crippen MR) is 291 cm³/mol. The average molecular weight is 900 g/mol. The Morgan fingerprint density at radius 2 is 0.986 bits per heavy atom. The second kappa shape index (κ2) is 15.7. The van der Waals surface area contributed by atoms with Gasteiger partial charge >= 0.3 is 0 Å². The van der Waals surface area contributed by atoms with Gasteiger partial charge in [-0.3, -0.25) is 4.40 Å². The van der Waals surface area contributed by atoms with Gasteiger partial charge in [0, 0.05) is 33.6 Å². The molecule has 0 radical (unpaired) electrons. The summed E-state index contributed by atoms with van der Waals surface area (Å²) in [6.07, 6.45) is -0.323. The number of amidine groups is 2. The first kappa shape index (κ1) is 39.5. The normalized spacial score (nSPS) is 14.2. The summed E-state index contributed by atoms with van der Waals surface area (Å²) in [4.78, 5) is 18.4. The molecule has 0 N–H and O–H groups in total. The molecule has 6 heteroatoms. The predicted octanol–water partition coefficient (Wildman–Crippen LogP) is 16.2. The van der Waals surface area contributed by atoms with Gasteiger partial charge < -0.3 is 4.90 Å². The first-order chi connectivity index (χ1) is 34.1. The van der Waals surface area contributed by atoms with Crippen LogP contribution in [-0.2, 0) is 0 Å². The van der Waals surface area contributed by atoms with Crippen molar-refractivity contribution in [2.75, 3.05) is 7.05 Å². The van der Waals surface area contributed by atoms with Crippen molar-refractivity contribution in [1.82, 2.24) is 14.3 Å². The van der Waals surface area contributed by atoms with Crippen LogP contribution in [0.5, 0.6) is 0 Å². The first-order valence-electron chi connectivity index (χ1n) is 23.4. The van der Waals surface area contributed by atoms with Gasteiger partial charge in [0.15, 0.2) is 11.5 Å². The zero-order valence-electron chi connectivity index (χ0n) is 37.6. The smallest absolute Gasteiger partial charge is 0.159 e. The van der Waals surface area contributed by atoms with Gasteiger partial charge in [-0.1, -0.05) is 194 Å². The molecule has 0 saturated carbocycles. The zero-order chi connectivity index (χ0) is 45.6. The summed E-state index contributed by atoms with van der Waals surface area (Å²) in [5.41, 5.74) is 13.0. The van der Waals surface area contributed by atoms with Gasteiger partial charge in [0.05, 0.1) is 21.4 Å². The van der Waals surface area contributed by atoms with E-state index in [1.54, 1.807) is 0 Å². The van der Waals surface area contributed by atoms with Crippen molar-refractivity contribution in [3.05, 3.63) is 241 Å². The fourth-order valence-corrected chi connectivity index (χ4v) is 11.7. The topological polar surface area (TPSA) is 45.3 Å². The molecule has 1 aliphatic heterocycles. The Hall–Kier alpha value is -8.71. The number of pyridine rings is 1. The van der Waals surface area contributed by atoms with Crippen LogP contribution in [0.25, 0.3) is 103 Å². The van der Waals surface area contributed by atoms with Gasteiger partial charge in [-0.15, -0.1) is 11.3 Å². The highest BCUT2D eigenvalue weighted by molar-refractivity contribution is 7.27. The third kappa shape index (κ3) is 6.56. The van der Waals surface area contributed by atoms with Crippen LogP contribution in [0.15, 0.2) is 234 Å². The maximum absolute atomic E-state index is 5.49. The minimum Gasteiger partial charge on any atom is -0.333 e. The summed E-state index contributed by atoms with van der Waals surface area (Å²) in [5, 5.41) is 9.83. The molecule has 1 unspecified atom stereocenters. The summed E-state index contributed by atoms with van der Waals surface area (Å²) in [6.45, 7) is 0. The van der Waals surface area contributed by atoms with Crippen molar-refractivity contribution < 1.29 is 0 Å². The van der Waals surface area contributed by atoms with E-state index in [1.807, 2.05) is 11.3 Å². The van der Waals surface area contributed by atoms with Crippen LogP contribution < -0.4 is 0 Å². The molecule has 0 fully saturated rings. The highest BCUT2D eigenvalue weighted by Gasteiger charge is 2.28. The number of thiophene rings is 1. The minimum absolute atomic E-state index is 0.323. The van der Waals surface area contributed by atoms with Crippen LogP contribution in [0.2, 0.25) is 0 Å². The fourth-order valence-electron chi connectivity index (χ4n) is 10.4.